The highest BCUT2D eigenvalue weighted by atomic mass is 16.5. The van der Waals surface area contributed by atoms with E-state index in [0.717, 1.165) is 16.9 Å². The molecular formula is C17H20N2O3. The van der Waals surface area contributed by atoms with Gasteiger partial charge in [0.1, 0.15) is 5.75 Å². The van der Waals surface area contributed by atoms with E-state index in [-0.39, 0.29) is 17.9 Å². The van der Waals surface area contributed by atoms with Crippen molar-refractivity contribution in [1.29, 1.82) is 0 Å². The van der Waals surface area contributed by atoms with Crippen molar-refractivity contribution in [3.8, 4) is 5.75 Å². The number of para-hydroxylation sites is 1. The van der Waals surface area contributed by atoms with Gasteiger partial charge in [-0.25, -0.2) is 4.68 Å². The standard InChI is InChI=1S/C17H20N2O3/c1-12-10-13(2)19(17(21)11-12)18-16(20)9-8-14-6-4-5-7-15(14)22-3/h4-7,10-11H,8-9H2,1-3H3,(H,18,20). The minimum atomic E-state index is -0.233. The molecule has 1 amide bonds. The number of hydrogen-bond donors (Lipinski definition) is 1. The fourth-order valence-corrected chi connectivity index (χ4v) is 2.35. The summed E-state index contributed by atoms with van der Waals surface area (Å²) in [5.74, 6) is 0.555. The Balaban J connectivity index is 2.04. The first-order valence-electron chi connectivity index (χ1n) is 7.13. The van der Waals surface area contributed by atoms with Crippen molar-refractivity contribution in [3.05, 3.63) is 63.6 Å². The van der Waals surface area contributed by atoms with Crippen molar-refractivity contribution >= 4 is 5.91 Å². The maximum absolute atomic E-state index is 12.1. The van der Waals surface area contributed by atoms with Crippen molar-refractivity contribution in [1.82, 2.24) is 4.68 Å². The molecule has 0 saturated heterocycles. The van der Waals surface area contributed by atoms with E-state index in [1.807, 2.05) is 37.3 Å². The van der Waals surface area contributed by atoms with Gasteiger partial charge in [-0.15, -0.1) is 0 Å². The molecule has 0 spiro atoms. The Bertz CT molecular complexity index is 735. The Kier molecular flexibility index (Phi) is 4.99. The molecule has 5 nitrogen and oxygen atoms in total. The number of aryl methyl sites for hydroxylation is 3. The van der Waals surface area contributed by atoms with Crippen LogP contribution >= 0.6 is 0 Å². The summed E-state index contributed by atoms with van der Waals surface area (Å²) in [4.78, 5) is 24.0. The summed E-state index contributed by atoms with van der Waals surface area (Å²) in [5.41, 5.74) is 4.95. The average Bonchev–Trinajstić information content (AvgIpc) is 2.49. The molecule has 0 aliphatic rings. The number of rotatable bonds is 5. The van der Waals surface area contributed by atoms with Crippen LogP contribution in [0.15, 0.2) is 41.2 Å². The van der Waals surface area contributed by atoms with Gasteiger partial charge in [0, 0.05) is 18.2 Å². The van der Waals surface area contributed by atoms with Gasteiger partial charge in [0.05, 0.1) is 7.11 Å². The zero-order chi connectivity index (χ0) is 16.1. The van der Waals surface area contributed by atoms with Crippen LogP contribution in [0, 0.1) is 13.8 Å². The van der Waals surface area contributed by atoms with Crippen LogP contribution in [-0.4, -0.2) is 17.7 Å². The second-order valence-electron chi connectivity index (χ2n) is 5.19. The smallest absolute Gasteiger partial charge is 0.269 e. The van der Waals surface area contributed by atoms with E-state index in [1.165, 1.54) is 10.7 Å². The molecule has 5 heteroatoms. The molecule has 0 unspecified atom stereocenters. The van der Waals surface area contributed by atoms with Crippen LogP contribution in [0.3, 0.4) is 0 Å². The molecular weight excluding hydrogens is 280 g/mol. The predicted octanol–water partition coefficient (Wildman–Crippen LogP) is 2.18. The number of nitrogens with one attached hydrogen (secondary N) is 1. The van der Waals surface area contributed by atoms with Gasteiger partial charge in [0.25, 0.3) is 5.56 Å². The predicted molar refractivity (Wildman–Crippen MR) is 85.9 cm³/mol. The number of pyridine rings is 1. The van der Waals surface area contributed by atoms with E-state index in [2.05, 4.69) is 5.43 Å². The summed E-state index contributed by atoms with van der Waals surface area (Å²) in [6.07, 6.45) is 0.829. The second kappa shape index (κ2) is 6.93. The summed E-state index contributed by atoms with van der Waals surface area (Å²) in [6, 6.07) is 10.9. The number of ether oxygens (including phenoxy) is 1. The second-order valence-corrected chi connectivity index (χ2v) is 5.19. The summed E-state index contributed by atoms with van der Waals surface area (Å²) in [5, 5.41) is 0. The number of benzene rings is 1. The number of nitrogens with zero attached hydrogens (tertiary/aromatic N) is 1. The summed E-state index contributed by atoms with van der Waals surface area (Å²) >= 11 is 0. The van der Waals surface area contributed by atoms with Gasteiger partial charge in [-0.05, 0) is 43.5 Å². The van der Waals surface area contributed by atoms with Crippen molar-refractivity contribution in [2.24, 2.45) is 0 Å². The monoisotopic (exact) mass is 300 g/mol. The molecule has 0 saturated carbocycles. The summed E-state index contributed by atoms with van der Waals surface area (Å²) in [6.45, 7) is 3.64. The highest BCUT2D eigenvalue weighted by Crippen LogP contribution is 2.18. The quantitative estimate of drug-likeness (QED) is 0.920. The molecule has 1 aromatic carbocycles. The Labute approximate surface area is 129 Å². The minimum absolute atomic E-state index is 0.208. The van der Waals surface area contributed by atoms with Crippen molar-refractivity contribution < 1.29 is 9.53 Å². The lowest BCUT2D eigenvalue weighted by atomic mass is 10.1. The lowest BCUT2D eigenvalue weighted by Gasteiger charge is -2.12. The molecule has 0 radical (unpaired) electrons. The number of aromatic nitrogens is 1. The first-order valence-corrected chi connectivity index (χ1v) is 7.13. The van der Waals surface area contributed by atoms with Crippen molar-refractivity contribution in [2.75, 3.05) is 12.5 Å². The molecule has 2 rings (SSSR count). The Hall–Kier alpha value is -2.56. The Morgan fingerprint density at radius 3 is 2.64 bits per heavy atom. The molecule has 116 valence electrons. The van der Waals surface area contributed by atoms with Gasteiger partial charge >= 0.3 is 0 Å². The highest BCUT2D eigenvalue weighted by molar-refractivity contribution is 5.83. The van der Waals surface area contributed by atoms with Gasteiger partial charge in [-0.3, -0.25) is 15.0 Å². The molecule has 2 aromatic rings. The molecule has 22 heavy (non-hydrogen) atoms. The number of carbonyl (C=O) groups excluding carboxylic acids is 1. The van der Waals surface area contributed by atoms with E-state index < -0.39 is 0 Å². The van der Waals surface area contributed by atoms with Gasteiger partial charge in [0.2, 0.25) is 5.91 Å². The lowest BCUT2D eigenvalue weighted by Crippen LogP contribution is -2.34. The molecule has 1 N–H and O–H groups in total. The average molecular weight is 300 g/mol. The molecule has 0 aliphatic carbocycles. The number of amides is 1. The fourth-order valence-electron chi connectivity index (χ4n) is 2.35. The molecule has 0 atom stereocenters. The van der Waals surface area contributed by atoms with E-state index in [9.17, 15) is 9.59 Å². The van der Waals surface area contributed by atoms with Gasteiger partial charge in [-0.1, -0.05) is 18.2 Å². The normalized spacial score (nSPS) is 10.3. The first-order chi connectivity index (χ1) is 10.5. The van der Waals surface area contributed by atoms with Crippen molar-refractivity contribution in [2.45, 2.75) is 26.7 Å². The maximum atomic E-state index is 12.1. The zero-order valence-electron chi connectivity index (χ0n) is 13.1. The molecule has 0 fully saturated rings. The summed E-state index contributed by atoms with van der Waals surface area (Å²) < 4.78 is 6.54. The third-order valence-electron chi connectivity index (χ3n) is 3.41. The Morgan fingerprint density at radius 1 is 1.23 bits per heavy atom. The van der Waals surface area contributed by atoms with Crippen LogP contribution in [0.2, 0.25) is 0 Å². The SMILES string of the molecule is COc1ccccc1CCC(=O)Nn1c(C)cc(C)cc1=O. The molecule has 1 aromatic heterocycles. The van der Waals surface area contributed by atoms with Gasteiger partial charge < -0.3 is 4.74 Å². The fraction of sp³-hybridized carbons (Fsp3) is 0.294. The largest absolute Gasteiger partial charge is 0.496 e. The van der Waals surface area contributed by atoms with Crippen LogP contribution in [0.1, 0.15) is 23.2 Å². The number of methoxy groups -OCH3 is 1. The summed E-state index contributed by atoms with van der Waals surface area (Å²) in [7, 11) is 1.61. The minimum Gasteiger partial charge on any atom is -0.496 e. The number of hydrogen-bond acceptors (Lipinski definition) is 3. The van der Waals surface area contributed by atoms with E-state index >= 15 is 0 Å². The first kappa shape index (κ1) is 15.8. The maximum Gasteiger partial charge on any atom is 0.269 e. The van der Waals surface area contributed by atoms with Gasteiger partial charge in [0.15, 0.2) is 0 Å². The van der Waals surface area contributed by atoms with Crippen LogP contribution in [0.4, 0.5) is 0 Å². The highest BCUT2D eigenvalue weighted by Gasteiger charge is 2.08. The zero-order valence-corrected chi connectivity index (χ0v) is 13.1. The van der Waals surface area contributed by atoms with Crippen LogP contribution in [-0.2, 0) is 11.2 Å². The molecule has 1 heterocycles. The molecule has 0 bridgehead atoms. The van der Waals surface area contributed by atoms with E-state index in [4.69, 9.17) is 4.74 Å². The lowest BCUT2D eigenvalue weighted by molar-refractivity contribution is -0.117. The van der Waals surface area contributed by atoms with E-state index in [0.29, 0.717) is 12.1 Å². The van der Waals surface area contributed by atoms with E-state index in [1.54, 1.807) is 14.0 Å². The van der Waals surface area contributed by atoms with Crippen LogP contribution < -0.4 is 15.7 Å². The third-order valence-corrected chi connectivity index (χ3v) is 3.41. The molecule has 0 aliphatic heterocycles. The Morgan fingerprint density at radius 2 is 1.95 bits per heavy atom. The van der Waals surface area contributed by atoms with Crippen LogP contribution in [0.25, 0.3) is 0 Å². The van der Waals surface area contributed by atoms with Gasteiger partial charge in [-0.2, -0.15) is 0 Å². The third kappa shape index (κ3) is 3.75. The van der Waals surface area contributed by atoms with Crippen LogP contribution in [0.5, 0.6) is 5.75 Å². The topological polar surface area (TPSA) is 60.3 Å². The number of carbonyl (C=O) groups is 1. The van der Waals surface area contributed by atoms with Crippen molar-refractivity contribution in [3.63, 3.8) is 0 Å².